The summed E-state index contributed by atoms with van der Waals surface area (Å²) in [6, 6.07) is 0. The number of hydrogen-bond donors (Lipinski definition) is 1. The Kier molecular flexibility index (Phi) is 6.22. The van der Waals surface area contributed by atoms with E-state index in [2.05, 4.69) is 0 Å². The molecule has 1 aliphatic rings. The third kappa shape index (κ3) is 5.13. The van der Waals surface area contributed by atoms with Crippen molar-refractivity contribution >= 4 is 21.6 Å². The first-order valence-corrected chi connectivity index (χ1v) is 8.82. The van der Waals surface area contributed by atoms with E-state index in [0.717, 1.165) is 5.75 Å². The number of sulfone groups is 1. The second-order valence-electron chi connectivity index (χ2n) is 4.17. The molecular formula is C10H21NO4S2. The molecule has 1 saturated heterocycles. The predicted octanol–water partition coefficient (Wildman–Crippen LogP) is -0.197. The molecule has 0 radical (unpaired) electrons. The molecule has 0 aromatic rings. The minimum atomic E-state index is -3.09. The zero-order valence-corrected chi connectivity index (χ0v) is 12.0. The lowest BCUT2D eigenvalue weighted by Crippen LogP contribution is -2.50. The van der Waals surface area contributed by atoms with Gasteiger partial charge in [0.05, 0.1) is 12.7 Å². The largest absolute Gasteiger partial charge is 0.389 e. The summed E-state index contributed by atoms with van der Waals surface area (Å²) in [5, 5.41) is 9.27. The van der Waals surface area contributed by atoms with Gasteiger partial charge in [-0.3, -0.25) is 4.90 Å². The van der Waals surface area contributed by atoms with Crippen LogP contribution in [0.25, 0.3) is 0 Å². The van der Waals surface area contributed by atoms with Crippen LogP contribution in [0.1, 0.15) is 6.92 Å². The highest BCUT2D eigenvalue weighted by Gasteiger charge is 2.31. The van der Waals surface area contributed by atoms with Crippen molar-refractivity contribution < 1.29 is 18.3 Å². The van der Waals surface area contributed by atoms with Crippen LogP contribution in [0.3, 0.4) is 0 Å². The van der Waals surface area contributed by atoms with Crippen LogP contribution in [-0.2, 0) is 14.6 Å². The van der Waals surface area contributed by atoms with E-state index in [1.807, 2.05) is 11.8 Å². The Bertz CT molecular complexity index is 320. The predicted molar refractivity (Wildman–Crippen MR) is 70.0 cm³/mol. The normalized spacial score (nSPS) is 24.8. The van der Waals surface area contributed by atoms with E-state index in [0.29, 0.717) is 25.4 Å². The van der Waals surface area contributed by atoms with Gasteiger partial charge in [0.15, 0.2) is 9.84 Å². The van der Waals surface area contributed by atoms with Crippen LogP contribution in [0.5, 0.6) is 0 Å². The summed E-state index contributed by atoms with van der Waals surface area (Å²) in [7, 11) is -3.09. The first-order valence-electron chi connectivity index (χ1n) is 5.71. The van der Waals surface area contributed by atoms with Crippen molar-refractivity contribution in [2.24, 2.45) is 0 Å². The van der Waals surface area contributed by atoms with Gasteiger partial charge in [-0.15, -0.1) is 0 Å². The number of rotatable bonds is 6. The molecule has 1 fully saturated rings. The molecule has 0 amide bonds. The van der Waals surface area contributed by atoms with E-state index in [9.17, 15) is 13.5 Å². The van der Waals surface area contributed by atoms with E-state index in [-0.39, 0.29) is 6.61 Å². The van der Waals surface area contributed by atoms with Crippen molar-refractivity contribution in [2.75, 3.05) is 44.1 Å². The van der Waals surface area contributed by atoms with Gasteiger partial charge in [0.1, 0.15) is 5.37 Å². The average molecular weight is 283 g/mol. The van der Waals surface area contributed by atoms with Gasteiger partial charge in [-0.05, 0) is 6.92 Å². The molecule has 0 bridgehead atoms. The number of ether oxygens (including phenoxy) is 1. The second kappa shape index (κ2) is 6.94. The van der Waals surface area contributed by atoms with E-state index < -0.39 is 21.3 Å². The van der Waals surface area contributed by atoms with Crippen LogP contribution in [0.4, 0.5) is 0 Å². The molecule has 0 aromatic heterocycles. The Hall–Kier alpha value is 0.180. The molecule has 1 heterocycles. The fourth-order valence-corrected chi connectivity index (χ4v) is 4.75. The molecule has 0 aromatic carbocycles. The second-order valence-corrected chi connectivity index (χ2v) is 7.52. The Morgan fingerprint density at radius 2 is 2.29 bits per heavy atom. The number of aliphatic hydroxyl groups excluding tert-OH is 1. The monoisotopic (exact) mass is 283 g/mol. The highest BCUT2D eigenvalue weighted by Crippen LogP contribution is 2.20. The first kappa shape index (κ1) is 15.2. The van der Waals surface area contributed by atoms with Gasteiger partial charge in [-0.2, -0.15) is 11.8 Å². The van der Waals surface area contributed by atoms with Crippen molar-refractivity contribution in [1.29, 1.82) is 0 Å². The maximum atomic E-state index is 11.6. The summed E-state index contributed by atoms with van der Waals surface area (Å²) < 4.78 is 28.4. The molecule has 1 N–H and O–H groups in total. The fraction of sp³-hybridized carbons (Fsp3) is 1.00. The van der Waals surface area contributed by atoms with E-state index >= 15 is 0 Å². The van der Waals surface area contributed by atoms with Crippen LogP contribution in [-0.4, -0.2) is 74.0 Å². The van der Waals surface area contributed by atoms with Crippen LogP contribution < -0.4 is 0 Å². The molecule has 2 unspecified atom stereocenters. The van der Waals surface area contributed by atoms with Crippen molar-refractivity contribution in [3.8, 4) is 0 Å². The Balaban J connectivity index is 2.54. The minimum absolute atomic E-state index is 0.261. The van der Waals surface area contributed by atoms with Gasteiger partial charge >= 0.3 is 0 Å². The van der Waals surface area contributed by atoms with Gasteiger partial charge in [0.25, 0.3) is 0 Å². The zero-order valence-electron chi connectivity index (χ0n) is 10.3. The standard InChI is InChI=1S/C10H21NO4S2/c1-3-15-7-9(12)6-11-4-5-16-8-10(11)17(2,13)14/h9-10,12H,3-8H2,1-2H3. The molecule has 0 aliphatic carbocycles. The minimum Gasteiger partial charge on any atom is -0.389 e. The maximum absolute atomic E-state index is 11.6. The number of hydrogen-bond acceptors (Lipinski definition) is 6. The van der Waals surface area contributed by atoms with Gasteiger partial charge in [-0.25, -0.2) is 8.42 Å². The number of nitrogens with zero attached hydrogens (tertiary/aromatic N) is 1. The zero-order chi connectivity index (χ0) is 12.9. The van der Waals surface area contributed by atoms with Crippen molar-refractivity contribution in [3.05, 3.63) is 0 Å². The summed E-state index contributed by atoms with van der Waals surface area (Å²) in [6.45, 7) is 3.74. The Morgan fingerprint density at radius 1 is 1.59 bits per heavy atom. The first-order chi connectivity index (χ1) is 7.95. The molecular weight excluding hydrogens is 262 g/mol. The third-order valence-corrected chi connectivity index (χ3v) is 5.33. The van der Waals surface area contributed by atoms with Crippen LogP contribution in [0.15, 0.2) is 0 Å². The lowest BCUT2D eigenvalue weighted by molar-refractivity contribution is 0.0204. The number of aliphatic hydroxyl groups is 1. The highest BCUT2D eigenvalue weighted by atomic mass is 32.2. The summed E-state index contributed by atoms with van der Waals surface area (Å²) in [4.78, 5) is 1.84. The van der Waals surface area contributed by atoms with Crippen molar-refractivity contribution in [1.82, 2.24) is 4.90 Å². The molecule has 0 spiro atoms. The number of thioether (sulfide) groups is 1. The molecule has 17 heavy (non-hydrogen) atoms. The molecule has 2 atom stereocenters. The van der Waals surface area contributed by atoms with E-state index in [1.54, 1.807) is 11.8 Å². The van der Waals surface area contributed by atoms with Crippen LogP contribution in [0.2, 0.25) is 0 Å². The third-order valence-electron chi connectivity index (χ3n) is 2.64. The van der Waals surface area contributed by atoms with Gasteiger partial charge < -0.3 is 9.84 Å². The fourth-order valence-electron chi connectivity index (χ4n) is 1.80. The average Bonchev–Trinajstić information content (AvgIpc) is 2.25. The van der Waals surface area contributed by atoms with E-state index in [1.165, 1.54) is 6.26 Å². The molecule has 5 nitrogen and oxygen atoms in total. The van der Waals surface area contributed by atoms with Gasteiger partial charge in [0, 0.05) is 37.5 Å². The van der Waals surface area contributed by atoms with E-state index in [4.69, 9.17) is 4.74 Å². The van der Waals surface area contributed by atoms with Crippen molar-refractivity contribution in [3.63, 3.8) is 0 Å². The highest BCUT2D eigenvalue weighted by molar-refractivity contribution is 8.00. The SMILES string of the molecule is CCOCC(O)CN1CCSCC1S(C)(=O)=O. The Labute approximate surface area is 107 Å². The van der Waals surface area contributed by atoms with Gasteiger partial charge in [0.2, 0.25) is 0 Å². The van der Waals surface area contributed by atoms with Crippen LogP contribution >= 0.6 is 11.8 Å². The molecule has 7 heteroatoms. The lowest BCUT2D eigenvalue weighted by Gasteiger charge is -2.35. The van der Waals surface area contributed by atoms with Crippen LogP contribution in [0, 0.1) is 0 Å². The Morgan fingerprint density at radius 3 is 2.88 bits per heavy atom. The topological polar surface area (TPSA) is 66.8 Å². The molecule has 0 saturated carbocycles. The molecule has 102 valence electrons. The van der Waals surface area contributed by atoms with Crippen molar-refractivity contribution in [2.45, 2.75) is 18.4 Å². The quantitative estimate of drug-likeness (QED) is 0.728. The van der Waals surface area contributed by atoms with Gasteiger partial charge in [-0.1, -0.05) is 0 Å². The molecule has 1 rings (SSSR count). The lowest BCUT2D eigenvalue weighted by atomic mass is 10.3. The summed E-state index contributed by atoms with van der Waals surface area (Å²) in [5.74, 6) is 1.49. The maximum Gasteiger partial charge on any atom is 0.164 e. The summed E-state index contributed by atoms with van der Waals surface area (Å²) in [5.41, 5.74) is 0. The number of β-amino-alcohol motifs (C(OH)–C–C–N with tert-alkyl or cyclic N) is 1. The summed E-state index contributed by atoms with van der Waals surface area (Å²) in [6.07, 6.45) is 0.633. The smallest absolute Gasteiger partial charge is 0.164 e. The molecule has 1 aliphatic heterocycles. The summed E-state index contributed by atoms with van der Waals surface area (Å²) >= 11 is 1.64.